The van der Waals surface area contributed by atoms with Crippen molar-refractivity contribution in [3.63, 3.8) is 0 Å². The zero-order chi connectivity index (χ0) is 24.9. The number of carbonyl (C=O) groups is 3. The van der Waals surface area contributed by atoms with E-state index in [4.69, 9.17) is 5.21 Å². The van der Waals surface area contributed by atoms with E-state index in [2.05, 4.69) is 16.0 Å². The van der Waals surface area contributed by atoms with Crippen LogP contribution in [0.2, 0.25) is 0 Å². The summed E-state index contributed by atoms with van der Waals surface area (Å²) < 4.78 is 0. The lowest BCUT2D eigenvalue weighted by Crippen LogP contribution is -2.51. The van der Waals surface area contributed by atoms with Gasteiger partial charge in [0.15, 0.2) is 0 Å². The molecule has 6 N–H and O–H groups in total. The van der Waals surface area contributed by atoms with Crippen LogP contribution in [0, 0.1) is 11.8 Å². The van der Waals surface area contributed by atoms with Crippen molar-refractivity contribution >= 4 is 23.4 Å². The lowest BCUT2D eigenvalue weighted by molar-refractivity contribution is -0.133. The molecular weight excluding hydrogens is 448 g/mol. The maximum absolute atomic E-state index is 12.4. The molecule has 2 saturated carbocycles. The van der Waals surface area contributed by atoms with E-state index in [0.717, 1.165) is 28.7 Å². The minimum absolute atomic E-state index is 0.0544. The Morgan fingerprint density at radius 3 is 2.17 bits per heavy atom. The van der Waals surface area contributed by atoms with Gasteiger partial charge in [0.05, 0.1) is 12.6 Å². The Kier molecular flexibility index (Phi) is 7.80. The molecule has 4 rings (SSSR count). The zero-order valence-electron chi connectivity index (χ0n) is 19.7. The lowest BCUT2D eigenvalue weighted by atomic mass is 9.95. The van der Waals surface area contributed by atoms with Gasteiger partial charge in [-0.3, -0.25) is 19.6 Å². The molecule has 0 spiro atoms. The summed E-state index contributed by atoms with van der Waals surface area (Å²) in [6.07, 6.45) is 3.92. The minimum Gasteiger partial charge on any atom is -0.391 e. The Bertz CT molecular complexity index is 1050. The number of amides is 3. The summed E-state index contributed by atoms with van der Waals surface area (Å²) in [5.41, 5.74) is 4.24. The van der Waals surface area contributed by atoms with Gasteiger partial charge in [0.1, 0.15) is 6.04 Å². The summed E-state index contributed by atoms with van der Waals surface area (Å²) in [5, 5.41) is 27.2. The van der Waals surface area contributed by atoms with Gasteiger partial charge in [-0.25, -0.2) is 5.48 Å². The summed E-state index contributed by atoms with van der Waals surface area (Å²) in [6, 6.07) is 13.4. The van der Waals surface area contributed by atoms with Gasteiger partial charge in [0.25, 0.3) is 11.8 Å². The Morgan fingerprint density at radius 1 is 0.971 bits per heavy atom. The number of rotatable bonds is 9. The molecule has 2 fully saturated rings. The molecule has 1 unspecified atom stereocenters. The van der Waals surface area contributed by atoms with Crippen LogP contribution in [0.15, 0.2) is 48.5 Å². The fourth-order valence-electron chi connectivity index (χ4n) is 5.18. The van der Waals surface area contributed by atoms with Gasteiger partial charge in [-0.05, 0) is 73.4 Å². The molecule has 0 aromatic heterocycles. The summed E-state index contributed by atoms with van der Waals surface area (Å²) >= 11 is 0. The maximum atomic E-state index is 12.4. The highest BCUT2D eigenvalue weighted by Crippen LogP contribution is 2.44. The molecule has 0 heterocycles. The zero-order valence-corrected chi connectivity index (χ0v) is 19.7. The number of hydroxylamine groups is 1. The molecule has 2 aromatic rings. The smallest absolute Gasteiger partial charge is 0.268 e. The van der Waals surface area contributed by atoms with Crippen LogP contribution in [0.25, 0.3) is 11.1 Å². The molecule has 0 aliphatic heterocycles. The van der Waals surface area contributed by atoms with Crippen LogP contribution in [-0.4, -0.2) is 52.8 Å². The first kappa shape index (κ1) is 24.8. The third-order valence-electron chi connectivity index (χ3n) is 7.07. The summed E-state index contributed by atoms with van der Waals surface area (Å²) in [6.45, 7) is 1.65. The average Bonchev–Trinajstić information content (AvgIpc) is 3.49. The predicted molar refractivity (Wildman–Crippen MR) is 131 cm³/mol. The molecule has 2 aliphatic carbocycles. The fourth-order valence-corrected chi connectivity index (χ4v) is 5.18. The molecule has 9 nitrogen and oxygen atoms in total. The van der Waals surface area contributed by atoms with Crippen LogP contribution < -0.4 is 21.4 Å². The topological polar surface area (TPSA) is 140 Å². The molecule has 3 amide bonds. The molecule has 2 aromatic carbocycles. The number of aliphatic hydroxyl groups is 1. The predicted octanol–water partition coefficient (Wildman–Crippen LogP) is 2.05. The fraction of sp³-hybridized carbons (Fsp3) is 0.423. The molecule has 5 atom stereocenters. The minimum atomic E-state index is -1.28. The van der Waals surface area contributed by atoms with E-state index in [1.165, 1.54) is 38.1 Å². The number of hydrogen-bond donors (Lipinski definition) is 6. The number of anilines is 1. The van der Waals surface area contributed by atoms with Crippen LogP contribution in [0.1, 0.15) is 43.0 Å². The molecule has 9 heteroatoms. The van der Waals surface area contributed by atoms with Crippen molar-refractivity contribution in [2.75, 3.05) is 11.9 Å². The first-order valence-electron chi connectivity index (χ1n) is 12.0. The van der Waals surface area contributed by atoms with E-state index < -0.39 is 24.0 Å². The van der Waals surface area contributed by atoms with Crippen molar-refractivity contribution in [2.45, 2.75) is 50.8 Å². The Labute approximate surface area is 204 Å². The second kappa shape index (κ2) is 11.0. The van der Waals surface area contributed by atoms with E-state index in [0.29, 0.717) is 18.2 Å². The Morgan fingerprint density at radius 2 is 1.63 bits per heavy atom. The molecular formula is C26H32N4O5. The van der Waals surface area contributed by atoms with Gasteiger partial charge in [-0.2, -0.15) is 0 Å². The Hall–Kier alpha value is -3.27. The van der Waals surface area contributed by atoms with E-state index >= 15 is 0 Å². The average molecular weight is 481 g/mol. The third kappa shape index (κ3) is 6.05. The first-order chi connectivity index (χ1) is 16.8. The summed E-state index contributed by atoms with van der Waals surface area (Å²) in [7, 11) is 0. The van der Waals surface area contributed by atoms with E-state index in [1.54, 1.807) is 24.3 Å². The SMILES string of the molecule is C[C@@H](O)[C@H](NC(=O)c1ccc(-c2ccc(NC(=O)CNC3C[C@H]4CC[C@@H]3C4)cc2)cc1)C(=O)NO. The van der Waals surface area contributed by atoms with Crippen LogP contribution in [0.3, 0.4) is 0 Å². The largest absolute Gasteiger partial charge is 0.391 e. The quantitative estimate of drug-likeness (QED) is 0.240. The molecule has 2 bridgehead atoms. The van der Waals surface area contributed by atoms with Crippen molar-refractivity contribution < 1.29 is 24.7 Å². The van der Waals surface area contributed by atoms with Gasteiger partial charge in [-0.15, -0.1) is 0 Å². The molecule has 0 radical (unpaired) electrons. The van der Waals surface area contributed by atoms with E-state index in [9.17, 15) is 19.5 Å². The van der Waals surface area contributed by atoms with Gasteiger partial charge in [0, 0.05) is 17.3 Å². The van der Waals surface area contributed by atoms with E-state index in [1.807, 2.05) is 24.3 Å². The monoisotopic (exact) mass is 480 g/mol. The highest BCUT2D eigenvalue weighted by Gasteiger charge is 2.39. The van der Waals surface area contributed by atoms with Crippen molar-refractivity contribution in [2.24, 2.45) is 11.8 Å². The first-order valence-corrected chi connectivity index (χ1v) is 12.0. The van der Waals surface area contributed by atoms with Crippen LogP contribution in [0.4, 0.5) is 5.69 Å². The molecule has 186 valence electrons. The Balaban J connectivity index is 1.29. The normalized spacial score (nSPS) is 22.3. The highest BCUT2D eigenvalue weighted by molar-refractivity contribution is 5.98. The summed E-state index contributed by atoms with van der Waals surface area (Å²) in [4.78, 5) is 36.4. The number of carbonyl (C=O) groups excluding carboxylic acids is 3. The number of fused-ring (bicyclic) bond motifs is 2. The maximum Gasteiger partial charge on any atom is 0.268 e. The van der Waals surface area contributed by atoms with E-state index in [-0.39, 0.29) is 5.91 Å². The number of benzene rings is 2. The summed E-state index contributed by atoms with van der Waals surface area (Å²) in [5.74, 6) is 0.0534. The van der Waals surface area contributed by atoms with Crippen molar-refractivity contribution in [3.8, 4) is 11.1 Å². The second-order valence-corrected chi connectivity index (χ2v) is 9.53. The van der Waals surface area contributed by atoms with Gasteiger partial charge >= 0.3 is 0 Å². The number of nitrogens with one attached hydrogen (secondary N) is 4. The van der Waals surface area contributed by atoms with Gasteiger partial charge in [0.2, 0.25) is 5.91 Å². The molecule has 2 aliphatic rings. The third-order valence-corrected chi connectivity index (χ3v) is 7.07. The number of hydrogen-bond acceptors (Lipinski definition) is 6. The standard InChI is InChI=1S/C26H32N4O5/c1-15(31)24(26(34)30-35)29-25(33)19-6-4-17(5-7-19)18-8-10-21(11-9-18)28-23(32)14-27-22-13-16-2-3-20(22)12-16/h4-11,15-16,20,22,24,27,31,35H,2-3,12-14H2,1H3,(H,28,32)(H,29,33)(H,30,34)/t15-,16+,20-,22?,24+/m1/s1. The van der Waals surface area contributed by atoms with Gasteiger partial charge in [-0.1, -0.05) is 30.7 Å². The van der Waals surface area contributed by atoms with Crippen molar-refractivity contribution in [3.05, 3.63) is 54.1 Å². The molecule has 35 heavy (non-hydrogen) atoms. The van der Waals surface area contributed by atoms with Crippen LogP contribution >= 0.6 is 0 Å². The van der Waals surface area contributed by atoms with Crippen molar-refractivity contribution in [1.29, 1.82) is 0 Å². The van der Waals surface area contributed by atoms with Crippen LogP contribution in [-0.2, 0) is 9.59 Å². The second-order valence-electron chi connectivity index (χ2n) is 9.53. The van der Waals surface area contributed by atoms with Crippen molar-refractivity contribution in [1.82, 2.24) is 16.1 Å². The lowest BCUT2D eigenvalue weighted by Gasteiger charge is -2.22. The van der Waals surface area contributed by atoms with Gasteiger partial charge < -0.3 is 21.1 Å². The highest BCUT2D eigenvalue weighted by atomic mass is 16.5. The van der Waals surface area contributed by atoms with Crippen LogP contribution in [0.5, 0.6) is 0 Å². The number of aliphatic hydroxyl groups excluding tert-OH is 1. The molecule has 0 saturated heterocycles.